The van der Waals surface area contributed by atoms with Gasteiger partial charge in [-0.3, -0.25) is 15.0 Å². The van der Waals surface area contributed by atoms with E-state index in [-0.39, 0.29) is 53.5 Å². The number of aromatic amines is 1. The summed E-state index contributed by atoms with van der Waals surface area (Å²) in [5.74, 6) is 0.182. The van der Waals surface area contributed by atoms with Gasteiger partial charge in [0.05, 0.1) is 24.1 Å². The Morgan fingerprint density at radius 1 is 1.03 bits per heavy atom. The molecule has 0 saturated carbocycles. The van der Waals surface area contributed by atoms with Crippen LogP contribution in [0, 0.1) is 17.2 Å². The van der Waals surface area contributed by atoms with E-state index < -0.39 is 0 Å². The summed E-state index contributed by atoms with van der Waals surface area (Å²) in [5.41, 5.74) is 6.20. The number of Topliss-reactive ketones (excluding diaryl/α,β-unsaturated/α-hetero) is 2. The number of carbonyl (C=O) groups is 2. The van der Waals surface area contributed by atoms with Crippen LogP contribution in [0.15, 0.2) is 12.5 Å². The van der Waals surface area contributed by atoms with Crippen molar-refractivity contribution in [2.45, 2.75) is 97.8 Å². The highest BCUT2D eigenvalue weighted by atomic mass is 16.1. The van der Waals surface area contributed by atoms with Gasteiger partial charge in [0, 0.05) is 43.1 Å². The van der Waals surface area contributed by atoms with E-state index in [1.807, 2.05) is 40.8 Å². The molecule has 0 aliphatic heterocycles. The molecule has 7 N–H and O–H groups in total. The summed E-state index contributed by atoms with van der Waals surface area (Å²) in [6.07, 6.45) is 7.01. The lowest BCUT2D eigenvalue weighted by atomic mass is 9.90. The third-order valence-electron chi connectivity index (χ3n) is 5.75. The van der Waals surface area contributed by atoms with Crippen molar-refractivity contribution < 1.29 is 9.59 Å². The summed E-state index contributed by atoms with van der Waals surface area (Å²) in [6.45, 7) is 12.5. The van der Waals surface area contributed by atoms with E-state index in [9.17, 15) is 9.59 Å². The molecule has 0 saturated heterocycles. The zero-order valence-electron chi connectivity index (χ0n) is 21.2. The number of nitrogens with two attached hydrogens (primary N) is 1. The Morgan fingerprint density at radius 3 is 2.27 bits per heavy atom. The number of imidazole rings is 1. The number of ketones is 2. The van der Waals surface area contributed by atoms with Crippen LogP contribution in [-0.2, 0) is 16.0 Å². The van der Waals surface area contributed by atoms with Gasteiger partial charge in [0.25, 0.3) is 0 Å². The van der Waals surface area contributed by atoms with Gasteiger partial charge in [0.15, 0.2) is 17.5 Å². The van der Waals surface area contributed by atoms with E-state index in [1.54, 1.807) is 6.33 Å². The normalized spacial score (nSPS) is 15.3. The number of rotatable bonds is 17. The van der Waals surface area contributed by atoms with E-state index in [0.29, 0.717) is 19.4 Å². The Morgan fingerprint density at radius 2 is 1.73 bits per heavy atom. The lowest BCUT2D eigenvalue weighted by molar-refractivity contribution is -0.125. The second-order valence-electron chi connectivity index (χ2n) is 9.68. The van der Waals surface area contributed by atoms with Gasteiger partial charge in [-0.05, 0) is 32.6 Å². The predicted octanol–water partition coefficient (Wildman–Crippen LogP) is 2.14. The molecule has 0 aliphatic rings. The average Bonchev–Trinajstić information content (AvgIpc) is 3.25. The molecular weight excluding hydrogens is 418 g/mol. The number of nitrogens with zero attached hydrogens (tertiary/aromatic N) is 1. The molecule has 0 aromatic carbocycles. The molecule has 1 heterocycles. The maximum atomic E-state index is 13.2. The van der Waals surface area contributed by atoms with Crippen LogP contribution in [0.25, 0.3) is 0 Å². The van der Waals surface area contributed by atoms with Gasteiger partial charge in [-0.25, -0.2) is 4.98 Å². The largest absolute Gasteiger partial charge is 0.370 e. The number of hydrogen-bond acceptors (Lipinski definition) is 6. The number of hydrogen-bond donors (Lipinski definition) is 6. The van der Waals surface area contributed by atoms with Crippen molar-refractivity contribution in [3.8, 4) is 0 Å². The fourth-order valence-corrected chi connectivity index (χ4v) is 3.91. The highest BCUT2D eigenvalue weighted by Gasteiger charge is 2.27. The van der Waals surface area contributed by atoms with E-state index in [4.69, 9.17) is 11.1 Å². The van der Waals surface area contributed by atoms with Gasteiger partial charge in [0.1, 0.15) is 0 Å². The van der Waals surface area contributed by atoms with Crippen molar-refractivity contribution in [2.75, 3.05) is 6.54 Å². The second-order valence-corrected chi connectivity index (χ2v) is 9.68. The molecule has 1 rings (SSSR count). The zero-order valence-corrected chi connectivity index (χ0v) is 21.2. The van der Waals surface area contributed by atoms with E-state index in [2.05, 4.69) is 32.8 Å². The first-order chi connectivity index (χ1) is 15.5. The van der Waals surface area contributed by atoms with Crippen LogP contribution in [-0.4, -0.2) is 58.2 Å². The Labute approximate surface area is 199 Å². The minimum absolute atomic E-state index is 0.0547. The number of H-pyrrole nitrogens is 1. The quantitative estimate of drug-likeness (QED) is 0.118. The molecule has 4 atom stereocenters. The van der Waals surface area contributed by atoms with Crippen LogP contribution >= 0.6 is 0 Å². The smallest absolute Gasteiger partial charge is 0.185 e. The summed E-state index contributed by atoms with van der Waals surface area (Å²) in [7, 11) is 0. The third-order valence-corrected chi connectivity index (χ3v) is 5.75. The molecule has 9 heteroatoms. The van der Waals surface area contributed by atoms with Crippen LogP contribution in [0.3, 0.4) is 0 Å². The van der Waals surface area contributed by atoms with E-state index >= 15 is 0 Å². The van der Waals surface area contributed by atoms with Gasteiger partial charge >= 0.3 is 0 Å². The number of carbonyl (C=O) groups excluding carboxylic acids is 2. The molecule has 0 bridgehead atoms. The van der Waals surface area contributed by atoms with Gasteiger partial charge < -0.3 is 26.7 Å². The summed E-state index contributed by atoms with van der Waals surface area (Å²) in [4.78, 5) is 33.1. The Balaban J connectivity index is 2.62. The standard InChI is InChI=1S/C24H45N7O2/c1-15(2)22(32)20(8-7-11-28-24(25)26)31-18(6)10-9-17(5)23(33)21(30-16(3)4)12-19-13-27-14-29-19/h13-18,20-21,30-31H,7-12H2,1-6H3,(H,27,29)(H4,25,26,28). The van der Waals surface area contributed by atoms with Gasteiger partial charge in [0.2, 0.25) is 0 Å². The summed E-state index contributed by atoms with van der Waals surface area (Å²) in [6, 6.07) is -0.201. The summed E-state index contributed by atoms with van der Waals surface area (Å²) in [5, 5.41) is 16.9. The average molecular weight is 464 g/mol. The maximum Gasteiger partial charge on any atom is 0.185 e. The minimum Gasteiger partial charge on any atom is -0.370 e. The lowest BCUT2D eigenvalue weighted by Gasteiger charge is -2.26. The monoisotopic (exact) mass is 463 g/mol. The van der Waals surface area contributed by atoms with Crippen LogP contribution in [0.2, 0.25) is 0 Å². The third kappa shape index (κ3) is 11.4. The van der Waals surface area contributed by atoms with Crippen LogP contribution in [0.1, 0.15) is 72.9 Å². The van der Waals surface area contributed by atoms with Crippen molar-refractivity contribution in [1.29, 1.82) is 5.41 Å². The van der Waals surface area contributed by atoms with Crippen LogP contribution in [0.5, 0.6) is 0 Å². The van der Waals surface area contributed by atoms with Crippen molar-refractivity contribution in [3.63, 3.8) is 0 Å². The number of aromatic nitrogens is 2. The van der Waals surface area contributed by atoms with Gasteiger partial charge in [-0.1, -0.05) is 34.6 Å². The molecule has 0 aliphatic carbocycles. The van der Waals surface area contributed by atoms with Crippen molar-refractivity contribution in [2.24, 2.45) is 17.6 Å². The first-order valence-electron chi connectivity index (χ1n) is 12.2. The molecule has 33 heavy (non-hydrogen) atoms. The predicted molar refractivity (Wildman–Crippen MR) is 133 cm³/mol. The number of nitrogens with one attached hydrogen (secondary N) is 5. The Bertz CT molecular complexity index is 718. The highest BCUT2D eigenvalue weighted by molar-refractivity contribution is 5.86. The minimum atomic E-state index is -0.268. The van der Waals surface area contributed by atoms with Crippen LogP contribution in [0.4, 0.5) is 0 Å². The molecule has 188 valence electrons. The molecule has 0 radical (unpaired) electrons. The topological polar surface area (TPSA) is 149 Å². The lowest BCUT2D eigenvalue weighted by Crippen LogP contribution is -2.46. The highest BCUT2D eigenvalue weighted by Crippen LogP contribution is 2.15. The Kier molecular flexibility index (Phi) is 12.9. The van der Waals surface area contributed by atoms with Crippen molar-refractivity contribution in [3.05, 3.63) is 18.2 Å². The molecule has 0 fully saturated rings. The molecule has 1 aromatic rings. The molecule has 0 amide bonds. The molecule has 0 spiro atoms. The fraction of sp³-hybridized carbons (Fsp3) is 0.750. The van der Waals surface area contributed by atoms with E-state index in [1.165, 1.54) is 0 Å². The van der Waals surface area contributed by atoms with Gasteiger partial charge in [-0.2, -0.15) is 0 Å². The molecule has 1 aromatic heterocycles. The van der Waals surface area contributed by atoms with Gasteiger partial charge in [-0.15, -0.1) is 0 Å². The van der Waals surface area contributed by atoms with Crippen LogP contribution < -0.4 is 21.7 Å². The SMILES string of the molecule is CC(C)NC(Cc1c[nH]cn1)C(=O)C(C)CCC(C)NC(CCCNC(=N)N)C(=O)C(C)C. The molecule has 9 nitrogen and oxygen atoms in total. The van der Waals surface area contributed by atoms with Crippen molar-refractivity contribution in [1.82, 2.24) is 25.9 Å². The maximum absolute atomic E-state index is 13.2. The summed E-state index contributed by atoms with van der Waals surface area (Å²) < 4.78 is 0. The van der Waals surface area contributed by atoms with E-state index in [0.717, 1.165) is 25.0 Å². The Hall–Kier alpha value is -2.26. The zero-order chi connectivity index (χ0) is 25.0. The summed E-state index contributed by atoms with van der Waals surface area (Å²) >= 11 is 0. The first kappa shape index (κ1) is 28.8. The molecule has 4 unspecified atom stereocenters. The molecular formula is C24H45N7O2. The first-order valence-corrected chi connectivity index (χ1v) is 12.2. The fourth-order valence-electron chi connectivity index (χ4n) is 3.91. The number of guanidine groups is 1. The van der Waals surface area contributed by atoms with Crippen molar-refractivity contribution >= 4 is 17.5 Å². The second kappa shape index (κ2) is 14.8.